The topological polar surface area (TPSA) is 80.5 Å². The van der Waals surface area contributed by atoms with Crippen molar-refractivity contribution in [3.05, 3.63) is 145 Å². The van der Waals surface area contributed by atoms with Gasteiger partial charge in [0.15, 0.2) is 23.1 Å². The fourth-order valence-electron chi connectivity index (χ4n) is 6.38. The van der Waals surface area contributed by atoms with Crippen LogP contribution in [0.1, 0.15) is 5.56 Å². The van der Waals surface area contributed by atoms with Crippen molar-refractivity contribution < 1.29 is 4.42 Å². The van der Waals surface area contributed by atoms with Crippen molar-refractivity contribution in [1.82, 2.24) is 19.5 Å². The molecular formula is C40H23N5O. The zero-order valence-corrected chi connectivity index (χ0v) is 24.4. The number of aromatic nitrogens is 4. The average molecular weight is 590 g/mol. The molecule has 0 N–H and O–H groups in total. The Hall–Kier alpha value is -6.58. The Morgan fingerprint density at radius 1 is 0.522 bits per heavy atom. The summed E-state index contributed by atoms with van der Waals surface area (Å²) in [5.41, 5.74) is 7.30. The molecule has 0 saturated carbocycles. The third kappa shape index (κ3) is 4.00. The minimum Gasteiger partial charge on any atom is -0.454 e. The number of hydrogen-bond donors (Lipinski definition) is 0. The number of nitrogens with zero attached hydrogens (tertiary/aromatic N) is 5. The third-order valence-electron chi connectivity index (χ3n) is 8.49. The monoisotopic (exact) mass is 589 g/mol. The highest BCUT2D eigenvalue weighted by atomic mass is 16.3. The molecule has 0 aliphatic rings. The Bertz CT molecular complexity index is 2590. The summed E-state index contributed by atoms with van der Waals surface area (Å²) in [7, 11) is 0. The molecule has 0 amide bonds. The maximum Gasteiger partial charge on any atom is 0.164 e. The van der Waals surface area contributed by atoms with Crippen LogP contribution in [0.5, 0.6) is 0 Å². The van der Waals surface area contributed by atoms with Gasteiger partial charge in [0, 0.05) is 38.2 Å². The second kappa shape index (κ2) is 10.3. The Balaban J connectivity index is 1.29. The van der Waals surface area contributed by atoms with E-state index in [0.717, 1.165) is 66.1 Å². The van der Waals surface area contributed by atoms with Gasteiger partial charge in [-0.05, 0) is 36.4 Å². The van der Waals surface area contributed by atoms with E-state index in [1.165, 1.54) is 0 Å². The van der Waals surface area contributed by atoms with Crippen LogP contribution in [0.4, 0.5) is 0 Å². The van der Waals surface area contributed by atoms with E-state index >= 15 is 0 Å². The van der Waals surface area contributed by atoms with Crippen molar-refractivity contribution in [1.29, 1.82) is 5.26 Å². The molecule has 0 bridgehead atoms. The molecule has 9 rings (SSSR count). The molecule has 0 saturated heterocycles. The summed E-state index contributed by atoms with van der Waals surface area (Å²) >= 11 is 0. The van der Waals surface area contributed by atoms with E-state index in [1.807, 2.05) is 109 Å². The standard InChI is InChI=1S/C40H23N5O/c41-24-28-23-27(40-43-38(25-11-3-1-4-12-25)42-39(44-40)26-13-5-2-6-14-26)19-22-33(28)45-34-17-9-7-15-29(34)31-20-21-32-30-16-8-10-18-35(30)46-37(32)36(31)45/h1-23H. The van der Waals surface area contributed by atoms with E-state index < -0.39 is 0 Å². The summed E-state index contributed by atoms with van der Waals surface area (Å²) in [4.78, 5) is 14.6. The van der Waals surface area contributed by atoms with Crippen LogP contribution in [0.3, 0.4) is 0 Å². The number of furan rings is 1. The predicted molar refractivity (Wildman–Crippen MR) is 182 cm³/mol. The first-order chi connectivity index (χ1) is 22.8. The van der Waals surface area contributed by atoms with Crippen molar-refractivity contribution in [3.63, 3.8) is 0 Å². The molecule has 0 atom stereocenters. The summed E-state index contributed by atoms with van der Waals surface area (Å²) < 4.78 is 8.65. The summed E-state index contributed by atoms with van der Waals surface area (Å²) in [5.74, 6) is 1.64. The number of rotatable bonds is 4. The lowest BCUT2D eigenvalue weighted by molar-refractivity contribution is 0.671. The van der Waals surface area contributed by atoms with Gasteiger partial charge in [0.05, 0.1) is 22.3 Å². The smallest absolute Gasteiger partial charge is 0.164 e. The molecule has 0 spiro atoms. The van der Waals surface area contributed by atoms with Crippen molar-refractivity contribution in [2.75, 3.05) is 0 Å². The molecule has 3 aromatic heterocycles. The highest BCUT2D eigenvalue weighted by Gasteiger charge is 2.21. The maximum atomic E-state index is 10.6. The second-order valence-electron chi connectivity index (χ2n) is 11.2. The number of hydrogen-bond acceptors (Lipinski definition) is 5. The Kier molecular flexibility index (Phi) is 5.77. The second-order valence-corrected chi connectivity index (χ2v) is 11.2. The van der Waals surface area contributed by atoms with Gasteiger partial charge in [-0.3, -0.25) is 0 Å². The number of fused-ring (bicyclic) bond motifs is 7. The molecule has 9 aromatic rings. The summed E-state index contributed by atoms with van der Waals surface area (Å²) in [6.07, 6.45) is 0. The predicted octanol–water partition coefficient (Wildman–Crippen LogP) is 9.74. The zero-order chi connectivity index (χ0) is 30.6. The van der Waals surface area contributed by atoms with E-state index in [4.69, 9.17) is 19.4 Å². The van der Waals surface area contributed by atoms with E-state index in [2.05, 4.69) is 41.0 Å². The number of para-hydroxylation sites is 2. The minimum absolute atomic E-state index is 0.496. The van der Waals surface area contributed by atoms with Crippen LogP contribution in [0.2, 0.25) is 0 Å². The first-order valence-electron chi connectivity index (χ1n) is 15.0. The van der Waals surface area contributed by atoms with Gasteiger partial charge >= 0.3 is 0 Å². The van der Waals surface area contributed by atoms with Crippen LogP contribution in [-0.2, 0) is 0 Å². The SMILES string of the molecule is N#Cc1cc(-c2nc(-c3ccccc3)nc(-c3ccccc3)n2)ccc1-n1c2ccccc2c2ccc3c4ccccc4oc3c21. The summed E-state index contributed by atoms with van der Waals surface area (Å²) in [5, 5.41) is 14.8. The fraction of sp³-hybridized carbons (Fsp3) is 0. The molecule has 6 nitrogen and oxygen atoms in total. The normalized spacial score (nSPS) is 11.5. The van der Waals surface area contributed by atoms with E-state index in [-0.39, 0.29) is 0 Å². The molecule has 0 unspecified atom stereocenters. The Labute approximate surface area is 263 Å². The molecule has 46 heavy (non-hydrogen) atoms. The lowest BCUT2D eigenvalue weighted by atomic mass is 10.1. The number of nitriles is 1. The molecule has 0 aliphatic heterocycles. The quantitative estimate of drug-likeness (QED) is 0.204. The van der Waals surface area contributed by atoms with Crippen molar-refractivity contribution in [2.45, 2.75) is 0 Å². The van der Waals surface area contributed by atoms with Crippen molar-refractivity contribution in [2.24, 2.45) is 0 Å². The molecule has 214 valence electrons. The van der Waals surface area contributed by atoms with Gasteiger partial charge in [0.1, 0.15) is 11.7 Å². The average Bonchev–Trinajstić information content (AvgIpc) is 3.68. The van der Waals surface area contributed by atoms with Crippen LogP contribution >= 0.6 is 0 Å². The molecule has 0 aliphatic carbocycles. The van der Waals surface area contributed by atoms with Crippen LogP contribution in [0.15, 0.2) is 144 Å². The maximum absolute atomic E-state index is 10.6. The van der Waals surface area contributed by atoms with E-state index in [1.54, 1.807) is 0 Å². The molecule has 6 aromatic carbocycles. The Morgan fingerprint density at radius 3 is 1.80 bits per heavy atom. The molecule has 3 heterocycles. The fourth-order valence-corrected chi connectivity index (χ4v) is 6.38. The largest absolute Gasteiger partial charge is 0.454 e. The van der Waals surface area contributed by atoms with Gasteiger partial charge in [-0.1, -0.05) is 103 Å². The molecule has 0 radical (unpaired) electrons. The van der Waals surface area contributed by atoms with Crippen molar-refractivity contribution in [3.8, 4) is 45.9 Å². The van der Waals surface area contributed by atoms with Crippen LogP contribution in [0, 0.1) is 11.3 Å². The van der Waals surface area contributed by atoms with Gasteiger partial charge in [-0.2, -0.15) is 5.26 Å². The van der Waals surface area contributed by atoms with Gasteiger partial charge in [0.25, 0.3) is 0 Å². The molecular weight excluding hydrogens is 566 g/mol. The zero-order valence-electron chi connectivity index (χ0n) is 24.4. The van der Waals surface area contributed by atoms with Crippen LogP contribution < -0.4 is 0 Å². The third-order valence-corrected chi connectivity index (χ3v) is 8.49. The van der Waals surface area contributed by atoms with Crippen molar-refractivity contribution >= 4 is 43.7 Å². The Morgan fingerprint density at radius 2 is 1.11 bits per heavy atom. The summed E-state index contributed by atoms with van der Waals surface area (Å²) in [6.45, 7) is 0. The highest BCUT2D eigenvalue weighted by Crippen LogP contribution is 2.41. The molecule has 0 fully saturated rings. The first kappa shape index (κ1) is 25.9. The minimum atomic E-state index is 0.496. The van der Waals surface area contributed by atoms with Gasteiger partial charge < -0.3 is 8.98 Å². The van der Waals surface area contributed by atoms with Gasteiger partial charge in [-0.25, -0.2) is 15.0 Å². The van der Waals surface area contributed by atoms with E-state index in [9.17, 15) is 5.26 Å². The van der Waals surface area contributed by atoms with Crippen LogP contribution in [0.25, 0.3) is 83.6 Å². The first-order valence-corrected chi connectivity index (χ1v) is 15.0. The number of benzene rings is 6. The lowest BCUT2D eigenvalue weighted by Gasteiger charge is -2.12. The lowest BCUT2D eigenvalue weighted by Crippen LogP contribution is -2.02. The van der Waals surface area contributed by atoms with Gasteiger partial charge in [0.2, 0.25) is 0 Å². The molecule has 6 heteroatoms. The van der Waals surface area contributed by atoms with E-state index in [0.29, 0.717) is 23.0 Å². The van der Waals surface area contributed by atoms with Gasteiger partial charge in [-0.15, -0.1) is 0 Å². The highest BCUT2D eigenvalue weighted by molar-refractivity contribution is 6.21. The van der Waals surface area contributed by atoms with Crippen LogP contribution in [-0.4, -0.2) is 19.5 Å². The summed E-state index contributed by atoms with van der Waals surface area (Å²) in [6, 6.07) is 48.7.